The molecule has 1 aromatic rings. The number of morpholine rings is 1. The lowest BCUT2D eigenvalue weighted by molar-refractivity contribution is -0.0295. The Balaban J connectivity index is 1.72. The maximum Gasteiger partial charge on any atom is 0.150 e. The van der Waals surface area contributed by atoms with Crippen LogP contribution in [0.3, 0.4) is 0 Å². The highest BCUT2D eigenvalue weighted by Crippen LogP contribution is 2.26. The summed E-state index contributed by atoms with van der Waals surface area (Å²) < 4.78 is 11.2. The standard InChI is InChI=1S/C17H28N4O2/c1-3-20(2)16-4-7-18-17(19-16)15-13-23-11-8-21(15)12-14-5-9-22-10-6-14/h4,7,14-15H,3,5-6,8-13H2,1-2H3/t15-/m0/s1. The molecule has 0 unspecified atom stereocenters. The summed E-state index contributed by atoms with van der Waals surface area (Å²) in [6.45, 7) is 8.39. The third-order valence-corrected chi connectivity index (χ3v) is 4.90. The van der Waals surface area contributed by atoms with Gasteiger partial charge in [0.1, 0.15) is 11.6 Å². The fourth-order valence-electron chi connectivity index (χ4n) is 3.25. The summed E-state index contributed by atoms with van der Waals surface area (Å²) in [7, 11) is 2.06. The van der Waals surface area contributed by atoms with Gasteiger partial charge in [-0.25, -0.2) is 9.97 Å². The number of nitrogens with zero attached hydrogens (tertiary/aromatic N) is 4. The van der Waals surface area contributed by atoms with Crippen LogP contribution in [0.2, 0.25) is 0 Å². The molecule has 2 saturated heterocycles. The van der Waals surface area contributed by atoms with E-state index in [-0.39, 0.29) is 6.04 Å². The molecule has 2 fully saturated rings. The average molecular weight is 320 g/mol. The van der Waals surface area contributed by atoms with E-state index in [4.69, 9.17) is 14.5 Å². The molecule has 23 heavy (non-hydrogen) atoms. The molecular weight excluding hydrogens is 292 g/mol. The number of rotatable bonds is 5. The topological polar surface area (TPSA) is 50.7 Å². The van der Waals surface area contributed by atoms with Gasteiger partial charge in [0.25, 0.3) is 0 Å². The Morgan fingerprint density at radius 1 is 1.26 bits per heavy atom. The first kappa shape index (κ1) is 16.6. The molecule has 0 bridgehead atoms. The molecule has 2 aliphatic heterocycles. The molecule has 1 aromatic heterocycles. The van der Waals surface area contributed by atoms with Gasteiger partial charge in [-0.15, -0.1) is 0 Å². The maximum atomic E-state index is 5.72. The van der Waals surface area contributed by atoms with Crippen LogP contribution < -0.4 is 4.90 Å². The molecule has 2 aliphatic rings. The Morgan fingerprint density at radius 2 is 2.09 bits per heavy atom. The highest BCUT2D eigenvalue weighted by Gasteiger charge is 2.29. The molecule has 0 aliphatic carbocycles. The van der Waals surface area contributed by atoms with Crippen molar-refractivity contribution < 1.29 is 9.47 Å². The van der Waals surface area contributed by atoms with E-state index in [0.717, 1.165) is 63.9 Å². The molecular formula is C17H28N4O2. The van der Waals surface area contributed by atoms with Crippen molar-refractivity contribution in [2.45, 2.75) is 25.8 Å². The van der Waals surface area contributed by atoms with Gasteiger partial charge in [-0.3, -0.25) is 4.90 Å². The highest BCUT2D eigenvalue weighted by atomic mass is 16.5. The number of hydrogen-bond donors (Lipinski definition) is 0. The lowest BCUT2D eigenvalue weighted by atomic mass is 9.98. The van der Waals surface area contributed by atoms with Crippen LogP contribution in [-0.2, 0) is 9.47 Å². The Labute approximate surface area is 138 Å². The largest absolute Gasteiger partial charge is 0.381 e. The minimum atomic E-state index is 0.164. The number of anilines is 1. The van der Waals surface area contributed by atoms with Crippen molar-refractivity contribution in [1.82, 2.24) is 14.9 Å². The molecule has 0 aromatic carbocycles. The summed E-state index contributed by atoms with van der Waals surface area (Å²) in [6, 6.07) is 2.14. The van der Waals surface area contributed by atoms with Crippen LogP contribution in [0.25, 0.3) is 0 Å². The SMILES string of the molecule is CCN(C)c1ccnc([C@@H]2COCCN2CC2CCOCC2)n1. The Morgan fingerprint density at radius 3 is 2.87 bits per heavy atom. The highest BCUT2D eigenvalue weighted by molar-refractivity contribution is 5.36. The Hall–Kier alpha value is -1.24. The first-order valence-electron chi connectivity index (χ1n) is 8.71. The zero-order valence-corrected chi connectivity index (χ0v) is 14.3. The van der Waals surface area contributed by atoms with E-state index in [2.05, 4.69) is 28.8 Å². The number of ether oxygens (including phenoxy) is 2. The Kier molecular flexibility index (Phi) is 5.80. The fraction of sp³-hybridized carbons (Fsp3) is 0.765. The van der Waals surface area contributed by atoms with Crippen LogP contribution in [0.15, 0.2) is 12.3 Å². The van der Waals surface area contributed by atoms with Gasteiger partial charge in [-0.05, 0) is 31.7 Å². The van der Waals surface area contributed by atoms with E-state index < -0.39 is 0 Å². The quantitative estimate of drug-likeness (QED) is 0.823. The summed E-state index contributed by atoms with van der Waals surface area (Å²) in [5, 5.41) is 0. The van der Waals surface area contributed by atoms with E-state index in [1.807, 2.05) is 12.3 Å². The molecule has 128 valence electrons. The second kappa shape index (κ2) is 8.04. The van der Waals surface area contributed by atoms with Crippen molar-refractivity contribution in [3.05, 3.63) is 18.1 Å². The molecule has 0 amide bonds. The van der Waals surface area contributed by atoms with Gasteiger partial charge >= 0.3 is 0 Å². The lowest BCUT2D eigenvalue weighted by Crippen LogP contribution is -2.43. The van der Waals surface area contributed by atoms with Crippen molar-refractivity contribution in [3.63, 3.8) is 0 Å². The molecule has 1 atom stereocenters. The molecule has 0 spiro atoms. The predicted octanol–water partition coefficient (Wildman–Crippen LogP) is 1.73. The number of aromatic nitrogens is 2. The van der Waals surface area contributed by atoms with Crippen molar-refractivity contribution in [1.29, 1.82) is 0 Å². The lowest BCUT2D eigenvalue weighted by Gasteiger charge is -2.37. The zero-order chi connectivity index (χ0) is 16.1. The van der Waals surface area contributed by atoms with Gasteiger partial charge < -0.3 is 14.4 Å². The Bertz CT molecular complexity index is 493. The minimum absolute atomic E-state index is 0.164. The monoisotopic (exact) mass is 320 g/mol. The van der Waals surface area contributed by atoms with E-state index in [1.54, 1.807) is 0 Å². The van der Waals surface area contributed by atoms with Crippen LogP contribution in [0.5, 0.6) is 0 Å². The maximum absolute atomic E-state index is 5.72. The second-order valence-corrected chi connectivity index (χ2v) is 6.43. The predicted molar refractivity (Wildman–Crippen MR) is 89.7 cm³/mol. The second-order valence-electron chi connectivity index (χ2n) is 6.43. The first-order chi connectivity index (χ1) is 11.3. The molecule has 3 heterocycles. The molecule has 6 nitrogen and oxygen atoms in total. The summed E-state index contributed by atoms with van der Waals surface area (Å²) in [6.07, 6.45) is 4.18. The van der Waals surface area contributed by atoms with E-state index in [1.165, 1.54) is 0 Å². The third-order valence-electron chi connectivity index (χ3n) is 4.90. The normalized spacial score (nSPS) is 23.8. The van der Waals surface area contributed by atoms with Crippen molar-refractivity contribution >= 4 is 5.82 Å². The van der Waals surface area contributed by atoms with Gasteiger partial charge in [-0.1, -0.05) is 0 Å². The molecule has 0 saturated carbocycles. The van der Waals surface area contributed by atoms with Crippen LogP contribution in [0, 0.1) is 5.92 Å². The van der Waals surface area contributed by atoms with Gasteiger partial charge in [0.05, 0.1) is 19.3 Å². The molecule has 0 radical (unpaired) electrons. The number of hydrogen-bond acceptors (Lipinski definition) is 6. The summed E-state index contributed by atoms with van der Waals surface area (Å²) in [5.41, 5.74) is 0. The van der Waals surface area contributed by atoms with Crippen LogP contribution in [0.1, 0.15) is 31.6 Å². The van der Waals surface area contributed by atoms with Gasteiger partial charge in [0, 0.05) is 46.1 Å². The fourth-order valence-corrected chi connectivity index (χ4v) is 3.25. The van der Waals surface area contributed by atoms with E-state index >= 15 is 0 Å². The summed E-state index contributed by atoms with van der Waals surface area (Å²) >= 11 is 0. The third kappa shape index (κ3) is 4.19. The average Bonchev–Trinajstić information content (AvgIpc) is 2.62. The van der Waals surface area contributed by atoms with Gasteiger partial charge in [0.15, 0.2) is 0 Å². The zero-order valence-electron chi connectivity index (χ0n) is 14.3. The van der Waals surface area contributed by atoms with E-state index in [0.29, 0.717) is 12.5 Å². The van der Waals surface area contributed by atoms with E-state index in [9.17, 15) is 0 Å². The first-order valence-corrected chi connectivity index (χ1v) is 8.71. The van der Waals surface area contributed by atoms with Crippen molar-refractivity contribution in [2.24, 2.45) is 5.92 Å². The van der Waals surface area contributed by atoms with Crippen LogP contribution in [0.4, 0.5) is 5.82 Å². The summed E-state index contributed by atoms with van der Waals surface area (Å²) in [4.78, 5) is 14.0. The summed E-state index contributed by atoms with van der Waals surface area (Å²) in [5.74, 6) is 2.58. The smallest absolute Gasteiger partial charge is 0.150 e. The van der Waals surface area contributed by atoms with Crippen LogP contribution >= 0.6 is 0 Å². The van der Waals surface area contributed by atoms with Gasteiger partial charge in [0.2, 0.25) is 0 Å². The molecule has 0 N–H and O–H groups in total. The van der Waals surface area contributed by atoms with Gasteiger partial charge in [-0.2, -0.15) is 0 Å². The molecule has 6 heteroatoms. The minimum Gasteiger partial charge on any atom is -0.381 e. The van der Waals surface area contributed by atoms with Crippen LogP contribution in [-0.4, -0.2) is 68.0 Å². The molecule has 3 rings (SSSR count). The van der Waals surface area contributed by atoms with Crippen molar-refractivity contribution in [2.75, 3.05) is 58.0 Å². The van der Waals surface area contributed by atoms with Crippen molar-refractivity contribution in [3.8, 4) is 0 Å².